The molecule has 0 saturated heterocycles. The summed E-state index contributed by atoms with van der Waals surface area (Å²) in [6, 6.07) is 17.2. The van der Waals surface area contributed by atoms with Gasteiger partial charge in [0.05, 0.1) is 7.11 Å². The third-order valence-electron chi connectivity index (χ3n) is 5.18. The first-order valence-electron chi connectivity index (χ1n) is 9.62. The second-order valence-corrected chi connectivity index (χ2v) is 7.02. The summed E-state index contributed by atoms with van der Waals surface area (Å²) in [5, 5.41) is 5.02. The zero-order valence-corrected chi connectivity index (χ0v) is 16.2. The Morgan fingerprint density at radius 1 is 1.10 bits per heavy atom. The number of ether oxygens (including phenoxy) is 1. The van der Waals surface area contributed by atoms with E-state index in [1.165, 1.54) is 7.11 Å². The number of methoxy groups -OCH3 is 1. The number of hydrogen-bond donors (Lipinski definition) is 2. The quantitative estimate of drug-likeness (QED) is 0.476. The number of aromatic nitrogens is 2. The lowest BCUT2D eigenvalue weighted by molar-refractivity contribution is -0.145. The molecular formula is C23H23N3O3. The first-order valence-corrected chi connectivity index (χ1v) is 9.62. The fourth-order valence-electron chi connectivity index (χ4n) is 3.68. The van der Waals surface area contributed by atoms with Crippen molar-refractivity contribution in [1.82, 2.24) is 14.9 Å². The van der Waals surface area contributed by atoms with Crippen LogP contribution in [0.5, 0.6) is 0 Å². The van der Waals surface area contributed by atoms with Crippen LogP contribution in [0.25, 0.3) is 21.8 Å². The van der Waals surface area contributed by atoms with Gasteiger partial charge in [-0.3, -0.25) is 4.79 Å². The maximum Gasteiger partial charge on any atom is 0.328 e. The highest BCUT2D eigenvalue weighted by atomic mass is 16.5. The summed E-state index contributed by atoms with van der Waals surface area (Å²) < 4.78 is 6.96. The number of carbonyl (C=O) groups is 2. The molecule has 4 rings (SSSR count). The van der Waals surface area contributed by atoms with Crippen LogP contribution >= 0.6 is 0 Å². The molecular weight excluding hydrogens is 366 g/mol. The van der Waals surface area contributed by atoms with Gasteiger partial charge in [0.1, 0.15) is 6.04 Å². The number of hydrogen-bond acceptors (Lipinski definition) is 3. The minimum atomic E-state index is -0.729. The molecule has 0 radical (unpaired) electrons. The molecule has 0 fully saturated rings. The molecule has 2 aromatic carbocycles. The minimum Gasteiger partial charge on any atom is -0.467 e. The summed E-state index contributed by atoms with van der Waals surface area (Å²) in [7, 11) is 1.34. The van der Waals surface area contributed by atoms with Crippen molar-refractivity contribution in [3.05, 3.63) is 72.6 Å². The Balaban J connectivity index is 1.43. The van der Waals surface area contributed by atoms with E-state index in [1.54, 1.807) is 0 Å². The summed E-state index contributed by atoms with van der Waals surface area (Å²) in [6.07, 6.45) is 4.50. The number of esters is 1. The molecule has 1 atom stereocenters. The predicted octanol–water partition coefficient (Wildman–Crippen LogP) is 3.41. The first-order chi connectivity index (χ1) is 14.2. The van der Waals surface area contributed by atoms with Gasteiger partial charge in [-0.25, -0.2) is 4.79 Å². The first kappa shape index (κ1) is 18.8. The molecule has 0 bridgehead atoms. The number of para-hydroxylation sites is 2. The van der Waals surface area contributed by atoms with E-state index in [2.05, 4.69) is 10.3 Å². The summed E-state index contributed by atoms with van der Waals surface area (Å²) >= 11 is 0. The molecule has 0 spiro atoms. The van der Waals surface area contributed by atoms with E-state index in [0.29, 0.717) is 13.0 Å². The number of H-pyrrole nitrogens is 1. The Bertz CT molecular complexity index is 1160. The van der Waals surface area contributed by atoms with Crippen LogP contribution in [0.15, 0.2) is 67.0 Å². The molecule has 148 valence electrons. The third kappa shape index (κ3) is 4.01. The lowest BCUT2D eigenvalue weighted by atomic mass is 10.0. The lowest BCUT2D eigenvalue weighted by Crippen LogP contribution is -2.43. The zero-order chi connectivity index (χ0) is 20.2. The number of amides is 1. The number of fused-ring (bicyclic) bond motifs is 2. The number of aromatic amines is 1. The van der Waals surface area contributed by atoms with Gasteiger partial charge in [0, 0.05) is 48.2 Å². The van der Waals surface area contributed by atoms with Gasteiger partial charge >= 0.3 is 5.97 Å². The molecule has 2 heterocycles. The van der Waals surface area contributed by atoms with Crippen LogP contribution < -0.4 is 5.32 Å². The van der Waals surface area contributed by atoms with Crippen LogP contribution in [0, 0.1) is 0 Å². The predicted molar refractivity (Wildman–Crippen MR) is 113 cm³/mol. The third-order valence-corrected chi connectivity index (χ3v) is 5.18. The summed E-state index contributed by atoms with van der Waals surface area (Å²) in [5.74, 6) is -0.631. The van der Waals surface area contributed by atoms with Crippen LogP contribution in [0.1, 0.15) is 12.0 Å². The zero-order valence-electron chi connectivity index (χ0n) is 16.2. The molecule has 0 aliphatic heterocycles. The number of nitrogens with one attached hydrogen (secondary N) is 2. The van der Waals surface area contributed by atoms with Crippen molar-refractivity contribution >= 4 is 33.7 Å². The second kappa shape index (κ2) is 8.22. The molecule has 0 aliphatic carbocycles. The van der Waals surface area contributed by atoms with E-state index in [9.17, 15) is 9.59 Å². The van der Waals surface area contributed by atoms with Gasteiger partial charge in [0.2, 0.25) is 5.91 Å². The van der Waals surface area contributed by atoms with Crippen molar-refractivity contribution in [3.63, 3.8) is 0 Å². The maximum absolute atomic E-state index is 12.6. The number of nitrogens with zero attached hydrogens (tertiary/aromatic N) is 1. The molecule has 2 aromatic heterocycles. The Hall–Kier alpha value is -3.54. The molecule has 1 amide bonds. The van der Waals surface area contributed by atoms with Crippen molar-refractivity contribution in [2.45, 2.75) is 25.4 Å². The summed E-state index contributed by atoms with van der Waals surface area (Å²) in [4.78, 5) is 28.0. The molecule has 6 nitrogen and oxygen atoms in total. The van der Waals surface area contributed by atoms with E-state index in [-0.39, 0.29) is 12.3 Å². The van der Waals surface area contributed by atoms with Crippen molar-refractivity contribution in [3.8, 4) is 0 Å². The van der Waals surface area contributed by atoms with Crippen LogP contribution in [0.3, 0.4) is 0 Å². The van der Waals surface area contributed by atoms with Gasteiger partial charge in [0.25, 0.3) is 0 Å². The average molecular weight is 389 g/mol. The summed E-state index contributed by atoms with van der Waals surface area (Å²) in [5.41, 5.74) is 3.05. The van der Waals surface area contributed by atoms with E-state index in [0.717, 1.165) is 27.4 Å². The lowest BCUT2D eigenvalue weighted by Gasteiger charge is -2.16. The molecule has 0 aliphatic rings. The van der Waals surface area contributed by atoms with Crippen LogP contribution in [-0.4, -0.2) is 34.6 Å². The van der Waals surface area contributed by atoms with Crippen LogP contribution in [0.2, 0.25) is 0 Å². The fraction of sp³-hybridized carbons (Fsp3) is 0.217. The molecule has 29 heavy (non-hydrogen) atoms. The van der Waals surface area contributed by atoms with Crippen LogP contribution in [-0.2, 0) is 27.3 Å². The van der Waals surface area contributed by atoms with Crippen molar-refractivity contribution in [2.24, 2.45) is 0 Å². The second-order valence-electron chi connectivity index (χ2n) is 7.02. The van der Waals surface area contributed by atoms with E-state index in [1.807, 2.05) is 71.6 Å². The Morgan fingerprint density at radius 2 is 1.90 bits per heavy atom. The highest BCUT2D eigenvalue weighted by Crippen LogP contribution is 2.20. The highest BCUT2D eigenvalue weighted by molar-refractivity contribution is 5.87. The number of aryl methyl sites for hydroxylation is 1. The summed E-state index contributed by atoms with van der Waals surface area (Å²) in [6.45, 7) is 0.542. The minimum absolute atomic E-state index is 0.182. The monoisotopic (exact) mass is 389 g/mol. The van der Waals surface area contributed by atoms with Crippen molar-refractivity contribution in [2.75, 3.05) is 7.11 Å². The van der Waals surface area contributed by atoms with Gasteiger partial charge in [-0.05, 0) is 29.1 Å². The molecule has 4 aromatic rings. The Kier molecular flexibility index (Phi) is 5.33. The van der Waals surface area contributed by atoms with Gasteiger partial charge in [0.15, 0.2) is 0 Å². The fourth-order valence-corrected chi connectivity index (χ4v) is 3.68. The van der Waals surface area contributed by atoms with Gasteiger partial charge < -0.3 is 19.6 Å². The van der Waals surface area contributed by atoms with E-state index in [4.69, 9.17) is 4.74 Å². The topological polar surface area (TPSA) is 76.1 Å². The molecule has 6 heteroatoms. The Labute approximate surface area is 168 Å². The smallest absolute Gasteiger partial charge is 0.328 e. The van der Waals surface area contributed by atoms with E-state index < -0.39 is 12.0 Å². The number of rotatable bonds is 7. The van der Waals surface area contributed by atoms with E-state index >= 15 is 0 Å². The maximum atomic E-state index is 12.6. The Morgan fingerprint density at radius 3 is 2.76 bits per heavy atom. The molecule has 0 unspecified atom stereocenters. The van der Waals surface area contributed by atoms with Crippen LogP contribution in [0.4, 0.5) is 0 Å². The standard InChI is InChI=1S/C23H23N3O3/c1-29-23(28)20(14-17-15-24-19-8-4-3-7-18(17)19)25-22(27)11-13-26-12-10-16-6-2-5-9-21(16)26/h2-10,12,15,20,24H,11,13-14H2,1H3,(H,25,27)/t20-/m1/s1. The van der Waals surface area contributed by atoms with Crippen molar-refractivity contribution in [1.29, 1.82) is 0 Å². The van der Waals surface area contributed by atoms with Gasteiger partial charge in [-0.1, -0.05) is 36.4 Å². The number of benzene rings is 2. The average Bonchev–Trinajstić information content (AvgIpc) is 3.35. The van der Waals surface area contributed by atoms with Gasteiger partial charge in [-0.15, -0.1) is 0 Å². The normalized spacial score (nSPS) is 12.2. The SMILES string of the molecule is COC(=O)[C@@H](Cc1c[nH]c2ccccc12)NC(=O)CCn1ccc2ccccc21. The molecule has 0 saturated carbocycles. The number of carbonyl (C=O) groups excluding carboxylic acids is 2. The van der Waals surface area contributed by atoms with Gasteiger partial charge in [-0.2, -0.15) is 0 Å². The highest BCUT2D eigenvalue weighted by Gasteiger charge is 2.23. The largest absolute Gasteiger partial charge is 0.467 e. The molecule has 2 N–H and O–H groups in total. The van der Waals surface area contributed by atoms with Crippen molar-refractivity contribution < 1.29 is 14.3 Å².